The molecule has 0 fully saturated rings. The van der Waals surface area contributed by atoms with Gasteiger partial charge in [0.25, 0.3) is 0 Å². The first-order chi connectivity index (χ1) is 12.4. The van der Waals surface area contributed by atoms with E-state index in [0.717, 1.165) is 21.3 Å². The molecule has 0 aliphatic rings. The molecule has 2 aromatic rings. The number of carbonyl (C=O) groups is 2. The van der Waals surface area contributed by atoms with Crippen LogP contribution in [-0.4, -0.2) is 36.9 Å². The van der Waals surface area contributed by atoms with Gasteiger partial charge in [-0.05, 0) is 37.2 Å². The van der Waals surface area contributed by atoms with E-state index >= 15 is 0 Å². The maximum absolute atomic E-state index is 12.0. The van der Waals surface area contributed by atoms with Gasteiger partial charge in [0, 0.05) is 29.7 Å². The Labute approximate surface area is 162 Å². The van der Waals surface area contributed by atoms with Crippen LogP contribution >= 0.6 is 15.9 Å². The lowest BCUT2D eigenvalue weighted by Gasteiger charge is -2.16. The van der Waals surface area contributed by atoms with Crippen LogP contribution in [0.25, 0.3) is 0 Å². The number of hydrogen-bond acceptors (Lipinski definition) is 3. The second kappa shape index (κ2) is 10.1. The topological polar surface area (TPSA) is 61.4 Å². The average molecular weight is 418 g/mol. The third kappa shape index (κ3) is 6.98. The normalized spacial score (nSPS) is 10.6. The minimum Gasteiger partial charge on any atom is -0.354 e. The minimum absolute atomic E-state index is 0.0881. The van der Waals surface area contributed by atoms with E-state index in [0.29, 0.717) is 19.6 Å². The zero-order valence-corrected chi connectivity index (χ0v) is 16.7. The van der Waals surface area contributed by atoms with Crippen molar-refractivity contribution < 1.29 is 9.59 Å². The van der Waals surface area contributed by atoms with Crippen LogP contribution in [0.4, 0.5) is 5.69 Å². The molecule has 138 valence electrons. The van der Waals surface area contributed by atoms with Crippen molar-refractivity contribution in [3.8, 4) is 0 Å². The molecule has 26 heavy (non-hydrogen) atoms. The smallest absolute Gasteiger partial charge is 0.234 e. The molecule has 0 aromatic heterocycles. The summed E-state index contributed by atoms with van der Waals surface area (Å²) < 4.78 is 0.910. The van der Waals surface area contributed by atoms with E-state index in [2.05, 4.69) is 26.6 Å². The van der Waals surface area contributed by atoms with Crippen molar-refractivity contribution in [2.45, 2.75) is 19.9 Å². The number of benzene rings is 2. The first-order valence-electron chi connectivity index (χ1n) is 8.49. The Morgan fingerprint density at radius 3 is 2.54 bits per heavy atom. The zero-order valence-electron chi connectivity index (χ0n) is 15.1. The van der Waals surface area contributed by atoms with E-state index < -0.39 is 0 Å². The lowest BCUT2D eigenvalue weighted by atomic mass is 10.2. The third-order valence-corrected chi connectivity index (χ3v) is 4.35. The Morgan fingerprint density at radius 2 is 1.81 bits per heavy atom. The summed E-state index contributed by atoms with van der Waals surface area (Å²) in [6.45, 7) is 3.25. The fourth-order valence-corrected chi connectivity index (χ4v) is 2.87. The molecule has 6 heteroatoms. The molecule has 0 atom stereocenters. The van der Waals surface area contributed by atoms with Gasteiger partial charge in [-0.1, -0.05) is 52.3 Å². The van der Waals surface area contributed by atoms with E-state index in [1.165, 1.54) is 0 Å². The summed E-state index contributed by atoms with van der Waals surface area (Å²) in [5.41, 5.74) is 2.93. The monoisotopic (exact) mass is 417 g/mol. The fourth-order valence-electron chi connectivity index (χ4n) is 2.51. The molecular formula is C20H24BrN3O2. The number of likely N-dealkylation sites (N-methyl/N-ethyl adjacent to an activating group) is 1. The maximum Gasteiger partial charge on any atom is 0.234 e. The van der Waals surface area contributed by atoms with Crippen molar-refractivity contribution in [3.05, 3.63) is 64.1 Å². The Hall–Kier alpha value is -2.18. The number of anilines is 1. The average Bonchev–Trinajstić information content (AvgIpc) is 2.59. The van der Waals surface area contributed by atoms with Crippen LogP contribution in [0.3, 0.4) is 0 Å². The van der Waals surface area contributed by atoms with Crippen LogP contribution in [0.15, 0.2) is 53.0 Å². The molecular weight excluding hydrogens is 394 g/mol. The Morgan fingerprint density at radius 1 is 1.08 bits per heavy atom. The van der Waals surface area contributed by atoms with Gasteiger partial charge in [-0.15, -0.1) is 0 Å². The summed E-state index contributed by atoms with van der Waals surface area (Å²) in [6.07, 6.45) is 0.236. The van der Waals surface area contributed by atoms with Crippen molar-refractivity contribution in [2.24, 2.45) is 0 Å². The van der Waals surface area contributed by atoms with Crippen LogP contribution in [-0.2, 0) is 16.1 Å². The largest absolute Gasteiger partial charge is 0.354 e. The number of carbonyl (C=O) groups excluding carboxylic acids is 2. The number of hydrogen-bond donors (Lipinski definition) is 2. The highest BCUT2D eigenvalue weighted by Crippen LogP contribution is 2.20. The summed E-state index contributed by atoms with van der Waals surface area (Å²) >= 11 is 3.39. The molecule has 0 spiro atoms. The first kappa shape index (κ1) is 20.1. The lowest BCUT2D eigenvalue weighted by Crippen LogP contribution is -2.36. The van der Waals surface area contributed by atoms with Gasteiger partial charge in [0.15, 0.2) is 0 Å². The van der Waals surface area contributed by atoms with Crippen molar-refractivity contribution in [1.82, 2.24) is 10.2 Å². The minimum atomic E-state index is -0.121. The summed E-state index contributed by atoms with van der Waals surface area (Å²) in [5, 5.41) is 5.66. The van der Waals surface area contributed by atoms with Crippen LogP contribution in [0.5, 0.6) is 0 Å². The molecule has 2 N–H and O–H groups in total. The number of nitrogens with zero attached hydrogens (tertiary/aromatic N) is 1. The molecule has 0 radical (unpaired) electrons. The van der Waals surface area contributed by atoms with Crippen molar-refractivity contribution in [2.75, 3.05) is 25.5 Å². The van der Waals surface area contributed by atoms with Crippen molar-refractivity contribution in [1.29, 1.82) is 0 Å². The standard InChI is InChI=1S/C20H24BrN3O2/c1-15-8-9-17(21)12-18(15)23-19(25)10-11-22-20(26)14-24(2)13-16-6-4-3-5-7-16/h3-9,12H,10-11,13-14H2,1-2H3,(H,22,26)(H,23,25). The molecule has 0 aliphatic heterocycles. The number of rotatable bonds is 8. The van der Waals surface area contributed by atoms with E-state index in [9.17, 15) is 9.59 Å². The van der Waals surface area contributed by atoms with Gasteiger partial charge in [0.1, 0.15) is 0 Å². The highest BCUT2D eigenvalue weighted by molar-refractivity contribution is 9.10. The predicted octanol–water partition coefficient (Wildman–Crippen LogP) is 3.33. The van der Waals surface area contributed by atoms with E-state index in [4.69, 9.17) is 0 Å². The first-order valence-corrected chi connectivity index (χ1v) is 9.28. The Balaban J connectivity index is 1.69. The molecule has 0 aliphatic carbocycles. The van der Waals surface area contributed by atoms with Crippen LogP contribution in [0.2, 0.25) is 0 Å². The van der Waals surface area contributed by atoms with Gasteiger partial charge < -0.3 is 10.6 Å². The van der Waals surface area contributed by atoms with Crippen LogP contribution < -0.4 is 10.6 Å². The summed E-state index contributed by atoms with van der Waals surface area (Å²) in [7, 11) is 1.90. The predicted molar refractivity (Wildman–Crippen MR) is 108 cm³/mol. The summed E-state index contributed by atoms with van der Waals surface area (Å²) in [4.78, 5) is 26.0. The fraction of sp³-hybridized carbons (Fsp3) is 0.300. The highest BCUT2D eigenvalue weighted by Gasteiger charge is 2.09. The van der Waals surface area contributed by atoms with Crippen molar-refractivity contribution >= 4 is 33.4 Å². The molecule has 2 aromatic carbocycles. The molecule has 0 heterocycles. The van der Waals surface area contributed by atoms with E-state index in [1.807, 2.05) is 67.4 Å². The summed E-state index contributed by atoms with van der Waals surface area (Å²) in [6, 6.07) is 15.7. The lowest BCUT2D eigenvalue weighted by molar-refractivity contribution is -0.122. The second-order valence-corrected chi connectivity index (χ2v) is 7.18. The third-order valence-electron chi connectivity index (χ3n) is 3.86. The quantitative estimate of drug-likeness (QED) is 0.692. The van der Waals surface area contributed by atoms with Gasteiger partial charge in [0.2, 0.25) is 11.8 Å². The van der Waals surface area contributed by atoms with Crippen LogP contribution in [0.1, 0.15) is 17.5 Å². The van der Waals surface area contributed by atoms with Crippen LogP contribution in [0, 0.1) is 6.92 Å². The van der Waals surface area contributed by atoms with Gasteiger partial charge in [0.05, 0.1) is 6.54 Å². The molecule has 0 saturated heterocycles. The van der Waals surface area contributed by atoms with Crippen molar-refractivity contribution in [3.63, 3.8) is 0 Å². The number of nitrogens with one attached hydrogen (secondary N) is 2. The Kier molecular flexibility index (Phi) is 7.81. The van der Waals surface area contributed by atoms with Gasteiger partial charge in [-0.2, -0.15) is 0 Å². The van der Waals surface area contributed by atoms with Gasteiger partial charge in [-0.3, -0.25) is 14.5 Å². The zero-order chi connectivity index (χ0) is 18.9. The van der Waals surface area contributed by atoms with E-state index in [1.54, 1.807) is 0 Å². The van der Waals surface area contributed by atoms with Gasteiger partial charge in [-0.25, -0.2) is 0 Å². The molecule has 5 nitrogen and oxygen atoms in total. The number of aryl methyl sites for hydroxylation is 1. The molecule has 0 saturated carbocycles. The SMILES string of the molecule is Cc1ccc(Br)cc1NC(=O)CCNC(=O)CN(C)Cc1ccccc1. The summed E-state index contributed by atoms with van der Waals surface area (Å²) in [5.74, 6) is -0.209. The molecule has 2 rings (SSSR count). The second-order valence-electron chi connectivity index (χ2n) is 6.27. The maximum atomic E-state index is 12.0. The molecule has 2 amide bonds. The number of amides is 2. The van der Waals surface area contributed by atoms with E-state index in [-0.39, 0.29) is 18.2 Å². The molecule has 0 bridgehead atoms. The van der Waals surface area contributed by atoms with Gasteiger partial charge >= 0.3 is 0 Å². The Bertz CT molecular complexity index is 750. The number of halogens is 1. The molecule has 0 unspecified atom stereocenters. The highest BCUT2D eigenvalue weighted by atomic mass is 79.9.